The van der Waals surface area contributed by atoms with Crippen molar-refractivity contribution in [2.45, 2.75) is 6.54 Å². The summed E-state index contributed by atoms with van der Waals surface area (Å²) in [4.78, 5) is 2.27. The lowest BCUT2D eigenvalue weighted by Crippen LogP contribution is -2.30. The summed E-state index contributed by atoms with van der Waals surface area (Å²) in [6, 6.07) is 6.05. The number of ether oxygens (including phenoxy) is 1. The molecule has 0 saturated carbocycles. The van der Waals surface area contributed by atoms with Crippen molar-refractivity contribution < 1.29 is 4.74 Å². The third-order valence-corrected chi connectivity index (χ3v) is 3.80. The summed E-state index contributed by atoms with van der Waals surface area (Å²) in [5.74, 6) is 0. The number of hydrogen-bond acceptors (Lipinski definition) is 3. The third-order valence-electron chi connectivity index (χ3n) is 2.59. The monoisotopic (exact) mass is 334 g/mol. The standard InChI is InChI=1S/C13H20BrClN2O/c1-17(7-5-16-6-8-18-2)10-11-3-4-13(15)12(14)9-11/h3-4,9,16H,5-8,10H2,1-2H3. The van der Waals surface area contributed by atoms with E-state index < -0.39 is 0 Å². The highest BCUT2D eigenvalue weighted by Gasteiger charge is 2.02. The molecule has 0 atom stereocenters. The van der Waals surface area contributed by atoms with Crippen LogP contribution >= 0.6 is 27.5 Å². The van der Waals surface area contributed by atoms with Gasteiger partial charge in [0.25, 0.3) is 0 Å². The van der Waals surface area contributed by atoms with E-state index in [-0.39, 0.29) is 0 Å². The highest BCUT2D eigenvalue weighted by Crippen LogP contribution is 2.23. The van der Waals surface area contributed by atoms with Crippen LogP contribution in [0.15, 0.2) is 22.7 Å². The average molecular weight is 336 g/mol. The van der Waals surface area contributed by atoms with Crippen molar-refractivity contribution in [3.05, 3.63) is 33.3 Å². The summed E-state index contributed by atoms with van der Waals surface area (Å²) in [5.41, 5.74) is 1.26. The van der Waals surface area contributed by atoms with E-state index in [9.17, 15) is 0 Å². The van der Waals surface area contributed by atoms with Crippen LogP contribution in [-0.2, 0) is 11.3 Å². The van der Waals surface area contributed by atoms with Gasteiger partial charge in [0, 0.05) is 37.8 Å². The largest absolute Gasteiger partial charge is 0.383 e. The van der Waals surface area contributed by atoms with Crippen molar-refractivity contribution in [3.8, 4) is 0 Å². The van der Waals surface area contributed by atoms with E-state index in [2.05, 4.69) is 45.3 Å². The molecule has 0 aromatic heterocycles. The van der Waals surface area contributed by atoms with Gasteiger partial charge in [0.05, 0.1) is 11.6 Å². The Morgan fingerprint density at radius 3 is 2.83 bits per heavy atom. The van der Waals surface area contributed by atoms with Gasteiger partial charge < -0.3 is 15.0 Å². The number of likely N-dealkylation sites (N-methyl/N-ethyl adjacent to an activating group) is 1. The summed E-state index contributed by atoms with van der Waals surface area (Å²) in [7, 11) is 3.83. The molecular weight excluding hydrogens is 316 g/mol. The quantitative estimate of drug-likeness (QED) is 0.739. The SMILES string of the molecule is COCCNCCN(C)Cc1ccc(Cl)c(Br)c1. The first kappa shape index (κ1) is 15.9. The van der Waals surface area contributed by atoms with Gasteiger partial charge in [-0.3, -0.25) is 0 Å². The number of hydrogen-bond donors (Lipinski definition) is 1. The zero-order chi connectivity index (χ0) is 13.4. The average Bonchev–Trinajstić information content (AvgIpc) is 2.34. The fraction of sp³-hybridized carbons (Fsp3) is 0.538. The number of rotatable bonds is 8. The summed E-state index contributed by atoms with van der Waals surface area (Å²) < 4.78 is 5.93. The zero-order valence-electron chi connectivity index (χ0n) is 10.9. The summed E-state index contributed by atoms with van der Waals surface area (Å²) in [6.07, 6.45) is 0. The first-order chi connectivity index (χ1) is 8.63. The molecule has 0 unspecified atom stereocenters. The summed E-state index contributed by atoms with van der Waals surface area (Å²) >= 11 is 9.41. The van der Waals surface area contributed by atoms with E-state index in [1.807, 2.05) is 6.07 Å². The van der Waals surface area contributed by atoms with Gasteiger partial charge >= 0.3 is 0 Å². The molecule has 1 aromatic rings. The highest BCUT2D eigenvalue weighted by molar-refractivity contribution is 9.10. The van der Waals surface area contributed by atoms with Crippen molar-refractivity contribution in [3.63, 3.8) is 0 Å². The van der Waals surface area contributed by atoms with Gasteiger partial charge in [-0.15, -0.1) is 0 Å². The Labute approximate surface area is 123 Å². The maximum atomic E-state index is 5.97. The molecule has 0 aliphatic heterocycles. The molecule has 0 radical (unpaired) electrons. The van der Waals surface area contributed by atoms with Crippen LogP contribution in [0.1, 0.15) is 5.56 Å². The molecule has 0 heterocycles. The number of nitrogens with zero attached hydrogens (tertiary/aromatic N) is 1. The molecule has 1 N–H and O–H groups in total. The first-order valence-corrected chi connectivity index (χ1v) is 7.12. The van der Waals surface area contributed by atoms with E-state index >= 15 is 0 Å². The zero-order valence-corrected chi connectivity index (χ0v) is 13.2. The predicted octanol–water partition coefficient (Wildman–Crippen LogP) is 2.77. The normalized spacial score (nSPS) is 11.2. The van der Waals surface area contributed by atoms with Gasteiger partial charge in [-0.05, 0) is 40.7 Å². The van der Waals surface area contributed by atoms with Crippen LogP contribution in [0, 0.1) is 0 Å². The van der Waals surface area contributed by atoms with E-state index in [0.717, 1.165) is 42.3 Å². The van der Waals surface area contributed by atoms with E-state index in [0.29, 0.717) is 0 Å². The van der Waals surface area contributed by atoms with Crippen LogP contribution in [0.25, 0.3) is 0 Å². The fourth-order valence-electron chi connectivity index (χ4n) is 1.60. The number of nitrogens with one attached hydrogen (secondary N) is 1. The maximum Gasteiger partial charge on any atom is 0.0587 e. The molecule has 0 saturated heterocycles. The van der Waals surface area contributed by atoms with Crippen molar-refractivity contribution in [1.82, 2.24) is 10.2 Å². The lowest BCUT2D eigenvalue weighted by Gasteiger charge is -2.17. The Bertz CT molecular complexity index is 363. The molecular formula is C13H20BrClN2O. The topological polar surface area (TPSA) is 24.5 Å². The molecule has 1 aromatic carbocycles. The minimum absolute atomic E-state index is 0.752. The smallest absolute Gasteiger partial charge is 0.0587 e. The fourth-order valence-corrected chi connectivity index (χ4v) is 2.14. The second-order valence-electron chi connectivity index (χ2n) is 4.23. The van der Waals surface area contributed by atoms with Gasteiger partial charge in [-0.2, -0.15) is 0 Å². The van der Waals surface area contributed by atoms with Crippen molar-refractivity contribution in [1.29, 1.82) is 0 Å². The Hall–Kier alpha value is -0.130. The molecule has 0 aliphatic carbocycles. The summed E-state index contributed by atoms with van der Waals surface area (Å²) in [5, 5.41) is 4.08. The first-order valence-electron chi connectivity index (χ1n) is 5.95. The Kier molecular flexibility index (Phi) is 7.86. The van der Waals surface area contributed by atoms with Gasteiger partial charge in [-0.25, -0.2) is 0 Å². The van der Waals surface area contributed by atoms with Crippen molar-refractivity contribution in [2.24, 2.45) is 0 Å². The van der Waals surface area contributed by atoms with Crippen LogP contribution in [-0.4, -0.2) is 45.3 Å². The van der Waals surface area contributed by atoms with Crippen LogP contribution in [0.2, 0.25) is 5.02 Å². The van der Waals surface area contributed by atoms with Gasteiger partial charge in [-0.1, -0.05) is 17.7 Å². The van der Waals surface area contributed by atoms with E-state index in [1.165, 1.54) is 5.56 Å². The van der Waals surface area contributed by atoms with E-state index in [4.69, 9.17) is 16.3 Å². The van der Waals surface area contributed by atoms with Gasteiger partial charge in [0.2, 0.25) is 0 Å². The molecule has 0 bridgehead atoms. The molecule has 0 spiro atoms. The minimum atomic E-state index is 0.752. The minimum Gasteiger partial charge on any atom is -0.383 e. The van der Waals surface area contributed by atoms with Crippen LogP contribution in [0.4, 0.5) is 0 Å². The maximum absolute atomic E-state index is 5.97. The molecule has 0 aliphatic rings. The van der Waals surface area contributed by atoms with E-state index in [1.54, 1.807) is 7.11 Å². The van der Waals surface area contributed by atoms with Gasteiger partial charge in [0.1, 0.15) is 0 Å². The Morgan fingerprint density at radius 2 is 2.17 bits per heavy atom. The number of methoxy groups -OCH3 is 1. The third kappa shape index (κ3) is 6.16. The highest BCUT2D eigenvalue weighted by atomic mass is 79.9. The predicted molar refractivity (Wildman–Crippen MR) is 80.2 cm³/mol. The molecule has 3 nitrogen and oxygen atoms in total. The molecule has 5 heteroatoms. The lowest BCUT2D eigenvalue weighted by molar-refractivity contribution is 0.197. The molecule has 0 fully saturated rings. The molecule has 1 rings (SSSR count). The Balaban J connectivity index is 2.26. The van der Waals surface area contributed by atoms with Gasteiger partial charge in [0.15, 0.2) is 0 Å². The lowest BCUT2D eigenvalue weighted by atomic mass is 10.2. The summed E-state index contributed by atoms with van der Waals surface area (Å²) in [6.45, 7) is 4.55. The number of halogens is 2. The second kappa shape index (κ2) is 8.88. The van der Waals surface area contributed by atoms with Crippen molar-refractivity contribution >= 4 is 27.5 Å². The number of benzene rings is 1. The van der Waals surface area contributed by atoms with Crippen LogP contribution in [0.5, 0.6) is 0 Å². The second-order valence-corrected chi connectivity index (χ2v) is 5.49. The Morgan fingerprint density at radius 1 is 1.39 bits per heavy atom. The van der Waals surface area contributed by atoms with Crippen molar-refractivity contribution in [2.75, 3.05) is 40.4 Å². The van der Waals surface area contributed by atoms with Crippen LogP contribution < -0.4 is 5.32 Å². The molecule has 102 valence electrons. The molecule has 18 heavy (non-hydrogen) atoms. The molecule has 0 amide bonds. The van der Waals surface area contributed by atoms with Crippen LogP contribution in [0.3, 0.4) is 0 Å².